The van der Waals surface area contributed by atoms with E-state index in [0.717, 1.165) is 29.0 Å². The third-order valence-electron chi connectivity index (χ3n) is 0.975. The minimum absolute atomic E-state index is 0.860. The van der Waals surface area contributed by atoms with Crippen LogP contribution in [0.3, 0.4) is 0 Å². The Morgan fingerprint density at radius 3 is 2.22 bits per heavy atom. The first kappa shape index (κ1) is 9.18. The van der Waals surface area contributed by atoms with Gasteiger partial charge in [-0.25, -0.2) is 0 Å². The molecule has 0 atom stereocenters. The van der Waals surface area contributed by atoms with E-state index < -0.39 is 0 Å². The van der Waals surface area contributed by atoms with Gasteiger partial charge in [0.2, 0.25) is 0 Å². The number of hydrogen-bond donors (Lipinski definition) is 0. The van der Waals surface area contributed by atoms with Crippen LogP contribution in [-0.2, 0) is 0 Å². The number of rotatable bonds is 4. The third-order valence-corrected chi connectivity index (χ3v) is 1.47. The summed E-state index contributed by atoms with van der Waals surface area (Å²) in [4.78, 5) is 2.11. The highest BCUT2D eigenvalue weighted by molar-refractivity contribution is 7.82. The van der Waals surface area contributed by atoms with Gasteiger partial charge in [0.15, 0.2) is 0 Å². The molecule has 0 heterocycles. The zero-order valence-electron chi connectivity index (χ0n) is 5.94. The van der Waals surface area contributed by atoms with Crippen LogP contribution in [-0.4, -0.2) is 9.73 Å². The summed E-state index contributed by atoms with van der Waals surface area (Å²) >= 11 is 9.94. The molecule has 0 N–H and O–H groups in total. The number of thiocarbonyl (C=S) groups is 2. The van der Waals surface area contributed by atoms with Gasteiger partial charge in [0, 0.05) is 6.42 Å². The minimum atomic E-state index is 0.860. The van der Waals surface area contributed by atoms with Gasteiger partial charge in [-0.05, 0) is 23.1 Å². The zero-order chi connectivity index (χ0) is 7.28. The van der Waals surface area contributed by atoms with Crippen molar-refractivity contribution in [3.05, 3.63) is 0 Å². The molecule has 0 nitrogen and oxygen atoms in total. The van der Waals surface area contributed by atoms with Crippen molar-refractivity contribution < 1.29 is 0 Å². The highest BCUT2D eigenvalue weighted by atomic mass is 32.1. The fraction of sp³-hybridized carbons (Fsp3) is 0.714. The Morgan fingerprint density at radius 2 is 1.89 bits per heavy atom. The molecule has 0 amide bonds. The molecule has 0 aliphatic carbocycles. The number of hydrogen-bond acceptors (Lipinski definition) is 2. The van der Waals surface area contributed by atoms with E-state index in [-0.39, 0.29) is 0 Å². The second-order valence-corrected chi connectivity index (χ2v) is 3.44. The van der Waals surface area contributed by atoms with E-state index in [2.05, 4.69) is 6.92 Å². The van der Waals surface area contributed by atoms with Gasteiger partial charge in [-0.15, -0.1) is 0 Å². The predicted molar refractivity (Wildman–Crippen MR) is 50.4 cm³/mol. The first-order valence-corrected chi connectivity index (χ1v) is 3.99. The zero-order valence-corrected chi connectivity index (χ0v) is 7.57. The van der Waals surface area contributed by atoms with Crippen molar-refractivity contribution in [3.8, 4) is 0 Å². The second kappa shape index (κ2) is 5.00. The molecular formula is C7H12S2. The summed E-state index contributed by atoms with van der Waals surface area (Å²) in [6, 6.07) is 0. The van der Waals surface area contributed by atoms with E-state index in [1.165, 1.54) is 0 Å². The summed E-state index contributed by atoms with van der Waals surface area (Å²) in [5.74, 6) is 0. The standard InChI is InChI=1S/C7H12S2/c1-3-4-7(9)5-6(2)8/h3-5H2,1-2H3. The van der Waals surface area contributed by atoms with Gasteiger partial charge in [-0.1, -0.05) is 37.8 Å². The summed E-state index contributed by atoms with van der Waals surface area (Å²) in [5.41, 5.74) is 0. The molecule has 0 bridgehead atoms. The van der Waals surface area contributed by atoms with Crippen molar-refractivity contribution in [2.75, 3.05) is 0 Å². The molecule has 0 radical (unpaired) electrons. The largest absolute Gasteiger partial charge is 0.0896 e. The molecular weight excluding hydrogens is 148 g/mol. The molecule has 0 spiro atoms. The smallest absolute Gasteiger partial charge is 0.00993 e. The van der Waals surface area contributed by atoms with Crippen molar-refractivity contribution in [1.82, 2.24) is 0 Å². The van der Waals surface area contributed by atoms with Crippen LogP contribution in [0.15, 0.2) is 0 Å². The van der Waals surface area contributed by atoms with E-state index in [1.807, 2.05) is 6.92 Å². The van der Waals surface area contributed by atoms with E-state index in [4.69, 9.17) is 24.4 Å². The Kier molecular flexibility index (Phi) is 5.10. The van der Waals surface area contributed by atoms with Crippen LogP contribution in [0.5, 0.6) is 0 Å². The second-order valence-electron chi connectivity index (χ2n) is 2.17. The van der Waals surface area contributed by atoms with Crippen LogP contribution < -0.4 is 0 Å². The summed E-state index contributed by atoms with van der Waals surface area (Å²) < 4.78 is 0. The molecule has 52 valence electrons. The third kappa shape index (κ3) is 6.06. The van der Waals surface area contributed by atoms with Gasteiger partial charge in [0.25, 0.3) is 0 Å². The average Bonchev–Trinajstić information content (AvgIpc) is 1.63. The fourth-order valence-electron chi connectivity index (χ4n) is 0.645. The van der Waals surface area contributed by atoms with E-state index in [9.17, 15) is 0 Å². The maximum Gasteiger partial charge on any atom is 0.00993 e. The highest BCUT2D eigenvalue weighted by Crippen LogP contribution is 1.98. The average molecular weight is 160 g/mol. The summed E-state index contributed by atoms with van der Waals surface area (Å²) in [6.07, 6.45) is 3.04. The Balaban J connectivity index is 3.39. The lowest BCUT2D eigenvalue weighted by Gasteiger charge is -1.97. The lowest BCUT2D eigenvalue weighted by Crippen LogP contribution is -1.98. The van der Waals surface area contributed by atoms with Crippen LogP contribution in [0.4, 0.5) is 0 Å². The molecule has 0 aliphatic heterocycles. The molecule has 0 unspecified atom stereocenters. The lowest BCUT2D eigenvalue weighted by molar-refractivity contribution is 0.996. The maximum atomic E-state index is 5.04. The van der Waals surface area contributed by atoms with Crippen molar-refractivity contribution in [1.29, 1.82) is 0 Å². The molecule has 0 saturated heterocycles. The summed E-state index contributed by atoms with van der Waals surface area (Å²) in [5, 5.41) is 0. The van der Waals surface area contributed by atoms with Crippen LogP contribution in [0, 0.1) is 0 Å². The van der Waals surface area contributed by atoms with Crippen molar-refractivity contribution >= 4 is 34.2 Å². The lowest BCUT2D eigenvalue weighted by atomic mass is 10.2. The Bertz CT molecular complexity index is 116. The topological polar surface area (TPSA) is 0 Å². The van der Waals surface area contributed by atoms with Crippen LogP contribution >= 0.6 is 24.4 Å². The maximum absolute atomic E-state index is 5.04. The molecule has 0 rings (SSSR count). The van der Waals surface area contributed by atoms with Gasteiger partial charge in [0.1, 0.15) is 0 Å². The summed E-state index contributed by atoms with van der Waals surface area (Å²) in [6.45, 7) is 4.07. The molecule has 0 fully saturated rings. The molecule has 0 aromatic heterocycles. The van der Waals surface area contributed by atoms with Crippen molar-refractivity contribution in [2.45, 2.75) is 33.1 Å². The SMILES string of the molecule is CCCC(=S)CC(C)=S. The van der Waals surface area contributed by atoms with E-state index in [1.54, 1.807) is 0 Å². The minimum Gasteiger partial charge on any atom is -0.0896 e. The van der Waals surface area contributed by atoms with Gasteiger partial charge in [0.05, 0.1) is 0 Å². The molecule has 2 heteroatoms. The van der Waals surface area contributed by atoms with Crippen LogP contribution in [0.2, 0.25) is 0 Å². The van der Waals surface area contributed by atoms with Crippen molar-refractivity contribution in [2.24, 2.45) is 0 Å². The van der Waals surface area contributed by atoms with Gasteiger partial charge >= 0.3 is 0 Å². The van der Waals surface area contributed by atoms with Crippen molar-refractivity contribution in [3.63, 3.8) is 0 Å². The first-order valence-electron chi connectivity index (χ1n) is 3.18. The fourth-order valence-corrected chi connectivity index (χ4v) is 1.33. The van der Waals surface area contributed by atoms with E-state index >= 15 is 0 Å². The monoisotopic (exact) mass is 160 g/mol. The molecule has 0 aromatic carbocycles. The Labute approximate surface area is 67.6 Å². The Hall–Kier alpha value is 0.180. The quantitative estimate of drug-likeness (QED) is 0.580. The first-order chi connectivity index (χ1) is 4.16. The highest BCUT2D eigenvalue weighted by Gasteiger charge is 1.94. The van der Waals surface area contributed by atoms with Gasteiger partial charge < -0.3 is 0 Å². The van der Waals surface area contributed by atoms with Gasteiger partial charge in [-0.2, -0.15) is 0 Å². The Morgan fingerprint density at radius 1 is 1.33 bits per heavy atom. The molecule has 0 saturated carbocycles. The van der Waals surface area contributed by atoms with Crippen LogP contribution in [0.1, 0.15) is 33.1 Å². The van der Waals surface area contributed by atoms with E-state index in [0.29, 0.717) is 0 Å². The molecule has 9 heavy (non-hydrogen) atoms. The summed E-state index contributed by atoms with van der Waals surface area (Å²) in [7, 11) is 0. The molecule has 0 aliphatic rings. The predicted octanol–water partition coefficient (Wildman–Crippen LogP) is 2.94. The van der Waals surface area contributed by atoms with Crippen LogP contribution in [0.25, 0.3) is 0 Å². The van der Waals surface area contributed by atoms with Gasteiger partial charge in [-0.3, -0.25) is 0 Å². The normalized spacial score (nSPS) is 9.11. The molecule has 0 aromatic rings.